The number of guanidine groups is 1. The zero-order valence-electron chi connectivity index (χ0n) is 14.2. The Bertz CT molecular complexity index is 693. The van der Waals surface area contributed by atoms with Crippen molar-refractivity contribution in [3.8, 4) is 0 Å². The van der Waals surface area contributed by atoms with Crippen molar-refractivity contribution in [2.45, 2.75) is 26.8 Å². The van der Waals surface area contributed by atoms with Gasteiger partial charge in [0.1, 0.15) is 5.01 Å². The molecule has 1 amide bonds. The SMILES string of the molecule is CN=C(NCCc1ccc(NC(C)=O)cc1)NCc1ncc(C)s1. The van der Waals surface area contributed by atoms with E-state index in [4.69, 9.17) is 0 Å². The molecule has 24 heavy (non-hydrogen) atoms. The number of thiazole rings is 1. The van der Waals surface area contributed by atoms with Crippen LogP contribution >= 0.6 is 11.3 Å². The first-order chi connectivity index (χ1) is 11.6. The molecule has 0 spiro atoms. The van der Waals surface area contributed by atoms with Gasteiger partial charge in [-0.25, -0.2) is 4.98 Å². The van der Waals surface area contributed by atoms with Crippen molar-refractivity contribution < 1.29 is 4.79 Å². The van der Waals surface area contributed by atoms with Crippen LogP contribution < -0.4 is 16.0 Å². The van der Waals surface area contributed by atoms with Gasteiger partial charge in [0.15, 0.2) is 5.96 Å². The highest BCUT2D eigenvalue weighted by molar-refractivity contribution is 7.11. The van der Waals surface area contributed by atoms with Crippen LogP contribution in [0.5, 0.6) is 0 Å². The van der Waals surface area contributed by atoms with Crippen LogP contribution in [-0.2, 0) is 17.8 Å². The van der Waals surface area contributed by atoms with Crippen molar-refractivity contribution in [2.75, 3.05) is 18.9 Å². The summed E-state index contributed by atoms with van der Waals surface area (Å²) in [6, 6.07) is 7.85. The number of nitrogens with one attached hydrogen (secondary N) is 3. The summed E-state index contributed by atoms with van der Waals surface area (Å²) in [5.41, 5.74) is 2.01. The minimum atomic E-state index is -0.0604. The van der Waals surface area contributed by atoms with Gasteiger partial charge in [-0.2, -0.15) is 0 Å². The molecule has 2 aromatic rings. The zero-order valence-corrected chi connectivity index (χ0v) is 15.0. The maximum Gasteiger partial charge on any atom is 0.221 e. The number of aryl methyl sites for hydroxylation is 1. The van der Waals surface area contributed by atoms with E-state index in [1.165, 1.54) is 17.4 Å². The molecule has 0 aliphatic carbocycles. The summed E-state index contributed by atoms with van der Waals surface area (Å²) in [5.74, 6) is 0.701. The average molecular weight is 345 g/mol. The molecule has 0 bridgehead atoms. The second-order valence-corrected chi connectivity index (χ2v) is 6.66. The summed E-state index contributed by atoms with van der Waals surface area (Å²) in [6.07, 6.45) is 2.75. The Morgan fingerprint density at radius 2 is 2.00 bits per heavy atom. The number of aromatic nitrogens is 1. The summed E-state index contributed by atoms with van der Waals surface area (Å²) in [5, 5.41) is 10.3. The van der Waals surface area contributed by atoms with Crippen LogP contribution in [0.1, 0.15) is 22.4 Å². The third-order valence-electron chi connectivity index (χ3n) is 3.28. The first-order valence-corrected chi connectivity index (χ1v) is 8.61. The molecule has 0 fully saturated rings. The van der Waals surface area contributed by atoms with Gasteiger partial charge in [0, 0.05) is 37.3 Å². The van der Waals surface area contributed by atoms with Crippen LogP contribution in [-0.4, -0.2) is 30.4 Å². The van der Waals surface area contributed by atoms with Crippen LogP contribution in [0.2, 0.25) is 0 Å². The fraction of sp³-hybridized carbons (Fsp3) is 0.353. The molecule has 0 aliphatic rings. The molecule has 0 saturated heterocycles. The number of anilines is 1. The molecule has 128 valence electrons. The quantitative estimate of drug-likeness (QED) is 0.555. The van der Waals surface area contributed by atoms with Gasteiger partial charge in [-0.1, -0.05) is 12.1 Å². The number of nitrogens with zero attached hydrogens (tertiary/aromatic N) is 2. The second kappa shape index (κ2) is 9.02. The Balaban J connectivity index is 1.74. The lowest BCUT2D eigenvalue weighted by Crippen LogP contribution is -2.37. The Morgan fingerprint density at radius 1 is 1.25 bits per heavy atom. The average Bonchev–Trinajstić information content (AvgIpc) is 2.97. The lowest BCUT2D eigenvalue weighted by molar-refractivity contribution is -0.114. The molecule has 0 saturated carbocycles. The van der Waals surface area contributed by atoms with Gasteiger partial charge in [0.05, 0.1) is 6.54 Å². The maximum absolute atomic E-state index is 11.0. The van der Waals surface area contributed by atoms with Gasteiger partial charge in [-0.15, -0.1) is 11.3 Å². The number of aliphatic imine (C=N–C) groups is 1. The lowest BCUT2D eigenvalue weighted by Gasteiger charge is -2.11. The molecular formula is C17H23N5OS. The molecular weight excluding hydrogens is 322 g/mol. The molecule has 0 radical (unpaired) electrons. The van der Waals surface area contributed by atoms with E-state index in [9.17, 15) is 4.79 Å². The summed E-state index contributed by atoms with van der Waals surface area (Å²) in [4.78, 5) is 20.7. The fourth-order valence-electron chi connectivity index (χ4n) is 2.15. The first-order valence-electron chi connectivity index (χ1n) is 7.79. The number of benzene rings is 1. The van der Waals surface area contributed by atoms with Gasteiger partial charge in [-0.05, 0) is 31.0 Å². The van der Waals surface area contributed by atoms with Crippen molar-refractivity contribution in [1.29, 1.82) is 0 Å². The van der Waals surface area contributed by atoms with Crippen molar-refractivity contribution in [3.05, 3.63) is 45.9 Å². The van der Waals surface area contributed by atoms with Crippen molar-refractivity contribution >= 4 is 28.9 Å². The largest absolute Gasteiger partial charge is 0.356 e. The zero-order chi connectivity index (χ0) is 17.4. The van der Waals surface area contributed by atoms with Crippen molar-refractivity contribution in [3.63, 3.8) is 0 Å². The summed E-state index contributed by atoms with van der Waals surface area (Å²) in [7, 11) is 1.75. The first kappa shape index (κ1) is 17.9. The van der Waals surface area contributed by atoms with Crippen LogP contribution in [0, 0.1) is 6.92 Å². The van der Waals surface area contributed by atoms with Gasteiger partial charge < -0.3 is 16.0 Å². The molecule has 1 aromatic carbocycles. The van der Waals surface area contributed by atoms with Crippen molar-refractivity contribution in [2.24, 2.45) is 4.99 Å². The molecule has 2 rings (SSSR count). The molecule has 1 heterocycles. The van der Waals surface area contributed by atoms with Crippen LogP contribution in [0.15, 0.2) is 35.5 Å². The van der Waals surface area contributed by atoms with Crippen molar-refractivity contribution in [1.82, 2.24) is 15.6 Å². The highest BCUT2D eigenvalue weighted by Gasteiger charge is 2.02. The smallest absolute Gasteiger partial charge is 0.221 e. The molecule has 1 aromatic heterocycles. The van der Waals surface area contributed by atoms with Crippen LogP contribution in [0.25, 0.3) is 0 Å². The van der Waals surface area contributed by atoms with E-state index in [1.807, 2.05) is 37.4 Å². The second-order valence-electron chi connectivity index (χ2n) is 5.35. The summed E-state index contributed by atoms with van der Waals surface area (Å²) in [6.45, 7) is 4.99. The van der Waals surface area contributed by atoms with E-state index in [0.717, 1.165) is 29.6 Å². The number of amides is 1. The van der Waals surface area contributed by atoms with Crippen LogP contribution in [0.4, 0.5) is 5.69 Å². The molecule has 0 atom stereocenters. The number of hydrogen-bond donors (Lipinski definition) is 3. The number of hydrogen-bond acceptors (Lipinski definition) is 4. The predicted molar refractivity (Wildman–Crippen MR) is 99.5 cm³/mol. The topological polar surface area (TPSA) is 78.4 Å². The van der Waals surface area contributed by atoms with E-state index in [-0.39, 0.29) is 5.91 Å². The molecule has 7 heteroatoms. The Hall–Kier alpha value is -2.41. The van der Waals surface area contributed by atoms with E-state index in [2.05, 4.69) is 25.9 Å². The number of carbonyl (C=O) groups is 1. The number of rotatable bonds is 6. The van der Waals surface area contributed by atoms with E-state index >= 15 is 0 Å². The molecule has 0 aliphatic heterocycles. The Labute approximate surface area is 146 Å². The molecule has 3 N–H and O–H groups in total. The third kappa shape index (κ3) is 6.00. The minimum absolute atomic E-state index is 0.0604. The Morgan fingerprint density at radius 3 is 2.58 bits per heavy atom. The normalized spacial score (nSPS) is 11.2. The molecule has 0 unspecified atom stereocenters. The fourth-order valence-corrected chi connectivity index (χ4v) is 2.87. The van der Waals surface area contributed by atoms with Gasteiger partial charge in [0.2, 0.25) is 5.91 Å². The highest BCUT2D eigenvalue weighted by Crippen LogP contribution is 2.11. The number of carbonyl (C=O) groups excluding carboxylic acids is 1. The van der Waals surface area contributed by atoms with Gasteiger partial charge >= 0.3 is 0 Å². The highest BCUT2D eigenvalue weighted by atomic mass is 32.1. The summed E-state index contributed by atoms with van der Waals surface area (Å²) < 4.78 is 0. The maximum atomic E-state index is 11.0. The van der Waals surface area contributed by atoms with Crippen LogP contribution in [0.3, 0.4) is 0 Å². The predicted octanol–water partition coefficient (Wildman–Crippen LogP) is 2.32. The lowest BCUT2D eigenvalue weighted by atomic mass is 10.1. The van der Waals surface area contributed by atoms with E-state index in [1.54, 1.807) is 18.4 Å². The third-order valence-corrected chi connectivity index (χ3v) is 4.19. The van der Waals surface area contributed by atoms with Gasteiger partial charge in [0.25, 0.3) is 0 Å². The summed E-state index contributed by atoms with van der Waals surface area (Å²) >= 11 is 1.68. The van der Waals surface area contributed by atoms with E-state index < -0.39 is 0 Å². The standard InChI is InChI=1S/C17H23N5OS/c1-12-10-20-16(24-12)11-21-17(18-3)19-9-8-14-4-6-15(7-5-14)22-13(2)23/h4-7,10H,8-9,11H2,1-3H3,(H,22,23)(H2,18,19,21). The van der Waals surface area contributed by atoms with Gasteiger partial charge in [-0.3, -0.25) is 9.79 Å². The Kier molecular flexibility index (Phi) is 6.74. The molecule has 6 nitrogen and oxygen atoms in total. The minimum Gasteiger partial charge on any atom is -0.356 e. The van der Waals surface area contributed by atoms with E-state index in [0.29, 0.717) is 6.54 Å². The monoisotopic (exact) mass is 345 g/mol.